The molecule has 0 radical (unpaired) electrons. The summed E-state index contributed by atoms with van der Waals surface area (Å²) in [4.78, 5) is 22.9. The van der Waals surface area contributed by atoms with Gasteiger partial charge in [0.25, 0.3) is 0 Å². The molecule has 0 aromatic carbocycles. The lowest BCUT2D eigenvalue weighted by atomic mass is 9.86. The van der Waals surface area contributed by atoms with Gasteiger partial charge in [0.1, 0.15) is 16.9 Å². The van der Waals surface area contributed by atoms with Gasteiger partial charge in [0.2, 0.25) is 5.79 Å². The predicted octanol–water partition coefficient (Wildman–Crippen LogP) is 3.58. The number of piperidine rings is 1. The third-order valence-corrected chi connectivity index (χ3v) is 5.47. The molecular weight excluding hydrogens is 394 g/mol. The zero-order valence-corrected chi connectivity index (χ0v) is 17.4. The highest BCUT2D eigenvalue weighted by Gasteiger charge is 2.56. The molecule has 2 aliphatic rings. The van der Waals surface area contributed by atoms with Crippen LogP contribution in [0.1, 0.15) is 50.6 Å². The average Bonchev–Trinajstić information content (AvgIpc) is 2.91. The molecule has 154 valence electrons. The SMILES string of the molecule is CC(C)(C)OC(=O)N1CCC2(CC1)OC(O)(c1cc(Cl)ccn1)c1cccnc12. The average molecular weight is 418 g/mol. The Morgan fingerprint density at radius 1 is 1.24 bits per heavy atom. The summed E-state index contributed by atoms with van der Waals surface area (Å²) < 4.78 is 11.8. The molecule has 1 saturated heterocycles. The number of carbonyl (C=O) groups excluding carboxylic acids is 1. The molecular formula is C21H24ClN3O4. The van der Waals surface area contributed by atoms with Crippen molar-refractivity contribution in [1.82, 2.24) is 14.9 Å². The number of nitrogens with zero attached hydrogens (tertiary/aromatic N) is 3. The van der Waals surface area contributed by atoms with E-state index in [1.54, 1.807) is 35.4 Å². The van der Waals surface area contributed by atoms with E-state index in [2.05, 4.69) is 9.97 Å². The molecule has 1 amide bonds. The molecule has 8 heteroatoms. The summed E-state index contributed by atoms with van der Waals surface area (Å²) in [5.41, 5.74) is 0.177. The van der Waals surface area contributed by atoms with E-state index in [4.69, 9.17) is 21.1 Å². The minimum absolute atomic E-state index is 0.311. The van der Waals surface area contributed by atoms with Gasteiger partial charge in [-0.25, -0.2) is 4.79 Å². The van der Waals surface area contributed by atoms with Crippen molar-refractivity contribution in [2.45, 2.75) is 50.6 Å². The van der Waals surface area contributed by atoms with Crippen LogP contribution in [0.25, 0.3) is 0 Å². The number of carbonyl (C=O) groups is 1. The number of aliphatic hydroxyl groups is 1. The number of ether oxygens (including phenoxy) is 2. The minimum atomic E-state index is -1.75. The first-order valence-corrected chi connectivity index (χ1v) is 9.99. The standard InChI is InChI=1S/C21H24ClN3O4/c1-19(2,3)28-18(26)25-11-7-20(8-12-25)17-15(5-4-9-24-17)21(27,29-20)16-13-14(22)6-10-23-16/h4-6,9-10,13,27H,7-8,11-12H2,1-3H3. The van der Waals surface area contributed by atoms with Crippen LogP contribution in [-0.2, 0) is 20.9 Å². The molecule has 4 heterocycles. The summed E-state index contributed by atoms with van der Waals surface area (Å²) in [6, 6.07) is 6.78. The van der Waals surface area contributed by atoms with E-state index < -0.39 is 17.0 Å². The van der Waals surface area contributed by atoms with Crippen LogP contribution in [0.15, 0.2) is 36.7 Å². The number of aromatic nitrogens is 2. The number of likely N-dealkylation sites (tertiary alicyclic amines) is 1. The van der Waals surface area contributed by atoms with Crippen LogP contribution in [0, 0.1) is 0 Å². The molecule has 2 aliphatic heterocycles. The summed E-state index contributed by atoms with van der Waals surface area (Å²) in [6.45, 7) is 6.39. The first kappa shape index (κ1) is 20.1. The first-order chi connectivity index (χ1) is 13.6. The van der Waals surface area contributed by atoms with Crippen LogP contribution in [0.4, 0.5) is 4.79 Å². The van der Waals surface area contributed by atoms with Crippen molar-refractivity contribution >= 4 is 17.7 Å². The summed E-state index contributed by atoms with van der Waals surface area (Å²) in [5, 5.41) is 12.0. The van der Waals surface area contributed by atoms with E-state index in [1.165, 1.54) is 6.20 Å². The van der Waals surface area contributed by atoms with Gasteiger partial charge in [0.15, 0.2) is 0 Å². The van der Waals surface area contributed by atoms with E-state index >= 15 is 0 Å². The van der Waals surface area contributed by atoms with Crippen molar-refractivity contribution in [2.75, 3.05) is 13.1 Å². The fourth-order valence-electron chi connectivity index (χ4n) is 3.92. The second-order valence-corrected chi connectivity index (χ2v) is 8.90. The predicted molar refractivity (Wildman–Crippen MR) is 106 cm³/mol. The Labute approximate surface area is 174 Å². The number of pyridine rings is 2. The third-order valence-electron chi connectivity index (χ3n) is 5.24. The van der Waals surface area contributed by atoms with Crippen molar-refractivity contribution in [1.29, 1.82) is 0 Å². The van der Waals surface area contributed by atoms with Gasteiger partial charge < -0.3 is 19.5 Å². The van der Waals surface area contributed by atoms with Crippen LogP contribution < -0.4 is 0 Å². The Kier molecular flexibility index (Phi) is 4.80. The van der Waals surface area contributed by atoms with Gasteiger partial charge in [-0.1, -0.05) is 11.6 Å². The van der Waals surface area contributed by atoms with Gasteiger partial charge >= 0.3 is 6.09 Å². The fourth-order valence-corrected chi connectivity index (χ4v) is 4.08. The van der Waals surface area contributed by atoms with E-state index in [1.807, 2.05) is 20.8 Å². The molecule has 0 bridgehead atoms. The summed E-state index contributed by atoms with van der Waals surface area (Å²) in [7, 11) is 0. The Morgan fingerprint density at radius 2 is 1.97 bits per heavy atom. The molecule has 7 nitrogen and oxygen atoms in total. The topological polar surface area (TPSA) is 84.8 Å². The van der Waals surface area contributed by atoms with Crippen molar-refractivity contribution in [3.63, 3.8) is 0 Å². The lowest BCUT2D eigenvalue weighted by molar-refractivity contribution is -0.246. The van der Waals surface area contributed by atoms with Crippen molar-refractivity contribution in [3.8, 4) is 0 Å². The maximum atomic E-state index is 12.4. The zero-order valence-electron chi connectivity index (χ0n) is 16.7. The highest BCUT2D eigenvalue weighted by atomic mass is 35.5. The second kappa shape index (κ2) is 6.93. The molecule has 4 rings (SSSR count). The molecule has 2 aromatic rings. The van der Waals surface area contributed by atoms with Gasteiger partial charge in [-0.3, -0.25) is 9.97 Å². The Hall–Kier alpha value is -2.22. The van der Waals surface area contributed by atoms with Crippen LogP contribution >= 0.6 is 11.6 Å². The van der Waals surface area contributed by atoms with Gasteiger partial charge in [-0.05, 0) is 45.0 Å². The molecule has 1 N–H and O–H groups in total. The molecule has 1 fully saturated rings. The van der Waals surface area contributed by atoms with Crippen LogP contribution in [0.5, 0.6) is 0 Å². The molecule has 1 spiro atoms. The number of amides is 1. The van der Waals surface area contributed by atoms with Crippen molar-refractivity contribution in [2.24, 2.45) is 0 Å². The molecule has 2 aromatic heterocycles. The largest absolute Gasteiger partial charge is 0.444 e. The number of hydrogen-bond acceptors (Lipinski definition) is 6. The number of rotatable bonds is 1. The third kappa shape index (κ3) is 3.58. The minimum Gasteiger partial charge on any atom is -0.444 e. The molecule has 1 atom stereocenters. The van der Waals surface area contributed by atoms with E-state index in [0.717, 1.165) is 0 Å². The second-order valence-electron chi connectivity index (χ2n) is 8.47. The van der Waals surface area contributed by atoms with Crippen molar-refractivity contribution in [3.05, 3.63) is 58.6 Å². The lowest BCUT2D eigenvalue weighted by Crippen LogP contribution is -2.48. The summed E-state index contributed by atoms with van der Waals surface area (Å²) in [6.07, 6.45) is 3.84. The van der Waals surface area contributed by atoms with E-state index in [0.29, 0.717) is 47.9 Å². The van der Waals surface area contributed by atoms with Crippen LogP contribution in [-0.4, -0.2) is 44.8 Å². The quantitative estimate of drug-likeness (QED) is 0.763. The number of halogens is 1. The van der Waals surface area contributed by atoms with E-state index in [-0.39, 0.29) is 6.09 Å². The normalized spacial score (nSPS) is 23.1. The number of hydrogen-bond donors (Lipinski definition) is 1. The van der Waals surface area contributed by atoms with Gasteiger partial charge in [-0.15, -0.1) is 0 Å². The Bertz CT molecular complexity index is 938. The maximum absolute atomic E-state index is 12.4. The zero-order chi connectivity index (χ0) is 20.9. The molecule has 0 saturated carbocycles. The molecule has 29 heavy (non-hydrogen) atoms. The monoisotopic (exact) mass is 417 g/mol. The van der Waals surface area contributed by atoms with Crippen LogP contribution in [0.2, 0.25) is 5.02 Å². The molecule has 1 unspecified atom stereocenters. The lowest BCUT2D eigenvalue weighted by Gasteiger charge is -2.40. The van der Waals surface area contributed by atoms with Gasteiger partial charge in [0, 0.05) is 48.9 Å². The van der Waals surface area contributed by atoms with Crippen molar-refractivity contribution < 1.29 is 19.4 Å². The fraction of sp³-hybridized carbons (Fsp3) is 0.476. The summed E-state index contributed by atoms with van der Waals surface area (Å²) in [5.74, 6) is -1.75. The van der Waals surface area contributed by atoms with Gasteiger partial charge in [-0.2, -0.15) is 0 Å². The van der Waals surface area contributed by atoms with Crippen LogP contribution in [0.3, 0.4) is 0 Å². The summed E-state index contributed by atoms with van der Waals surface area (Å²) >= 11 is 6.12. The maximum Gasteiger partial charge on any atom is 0.410 e. The van der Waals surface area contributed by atoms with E-state index in [9.17, 15) is 9.90 Å². The highest BCUT2D eigenvalue weighted by molar-refractivity contribution is 6.30. The Morgan fingerprint density at radius 3 is 2.62 bits per heavy atom. The smallest absolute Gasteiger partial charge is 0.410 e. The Balaban J connectivity index is 1.63. The number of fused-ring (bicyclic) bond motifs is 2. The van der Waals surface area contributed by atoms with Gasteiger partial charge in [0.05, 0.1) is 5.69 Å². The highest BCUT2D eigenvalue weighted by Crippen LogP contribution is 2.52. The first-order valence-electron chi connectivity index (χ1n) is 9.61. The molecule has 0 aliphatic carbocycles.